The summed E-state index contributed by atoms with van der Waals surface area (Å²) in [5.74, 6) is -1.26. The van der Waals surface area contributed by atoms with Crippen LogP contribution >= 0.6 is 11.3 Å². The van der Waals surface area contributed by atoms with Crippen molar-refractivity contribution in [3.05, 3.63) is 19.5 Å². The number of rotatable bonds is 3. The highest BCUT2D eigenvalue weighted by Gasteiger charge is 2.20. The van der Waals surface area contributed by atoms with Crippen molar-refractivity contribution < 1.29 is 19.1 Å². The van der Waals surface area contributed by atoms with Gasteiger partial charge in [0.25, 0.3) is 5.56 Å². The van der Waals surface area contributed by atoms with E-state index in [0.29, 0.717) is 6.54 Å². The fourth-order valence-corrected chi connectivity index (χ4v) is 3.05. The van der Waals surface area contributed by atoms with E-state index in [9.17, 15) is 14.4 Å². The third-order valence-electron chi connectivity index (χ3n) is 2.84. The molecular formula is C12H13NO5S. The molecule has 1 aromatic rings. The van der Waals surface area contributed by atoms with Gasteiger partial charge in [0.15, 0.2) is 0 Å². The molecule has 7 heteroatoms. The molecule has 0 atom stereocenters. The van der Waals surface area contributed by atoms with Gasteiger partial charge >= 0.3 is 11.9 Å². The maximum Gasteiger partial charge on any atom is 0.335 e. The zero-order valence-corrected chi connectivity index (χ0v) is 11.4. The fraction of sp³-hybridized carbons (Fsp3) is 0.417. The lowest BCUT2D eigenvalue weighted by Gasteiger charge is -2.02. The van der Waals surface area contributed by atoms with Gasteiger partial charge in [0.05, 0.1) is 30.9 Å². The van der Waals surface area contributed by atoms with E-state index in [1.165, 1.54) is 25.6 Å². The highest BCUT2D eigenvalue weighted by Crippen LogP contribution is 2.05. The molecule has 0 spiro atoms. The largest absolute Gasteiger partial charge is 0.469 e. The van der Waals surface area contributed by atoms with E-state index in [2.05, 4.69) is 9.47 Å². The molecule has 0 saturated heterocycles. The first kappa shape index (κ1) is 13.5. The predicted octanol–water partition coefficient (Wildman–Crippen LogP) is -1.02. The minimum atomic E-state index is -0.678. The summed E-state index contributed by atoms with van der Waals surface area (Å²) in [6.07, 6.45) is 2.48. The van der Waals surface area contributed by atoms with E-state index in [1.807, 2.05) is 6.08 Å². The van der Waals surface area contributed by atoms with Crippen LogP contribution in [0.1, 0.15) is 12.8 Å². The second-order valence-corrected chi connectivity index (χ2v) is 4.97. The molecule has 1 aliphatic heterocycles. The molecule has 0 aromatic carbocycles. The normalized spacial score (nSPS) is 14.4. The maximum absolute atomic E-state index is 12.2. The van der Waals surface area contributed by atoms with Crippen LogP contribution in [-0.2, 0) is 25.6 Å². The Bertz CT molecular complexity index is 697. The Hall–Kier alpha value is -1.89. The number of hydrogen-bond donors (Lipinski definition) is 0. The molecule has 0 amide bonds. The number of carbonyl (C=O) groups is 2. The van der Waals surface area contributed by atoms with Crippen molar-refractivity contribution in [1.82, 2.24) is 4.57 Å². The molecule has 0 unspecified atom stereocenters. The van der Waals surface area contributed by atoms with Gasteiger partial charge in [-0.25, -0.2) is 4.79 Å². The SMILES string of the molecule is COC(=O)C/C(C(=O)OC)=c1/sc2n(c1=O)CCC=2. The monoisotopic (exact) mass is 283 g/mol. The van der Waals surface area contributed by atoms with Crippen molar-refractivity contribution >= 4 is 34.9 Å². The molecule has 0 N–H and O–H groups in total. The Balaban J connectivity index is 2.65. The number of fused-ring (bicyclic) bond motifs is 1. The molecular weight excluding hydrogens is 270 g/mol. The first-order chi connectivity index (χ1) is 9.08. The van der Waals surface area contributed by atoms with Crippen molar-refractivity contribution in [3.8, 4) is 0 Å². The molecule has 2 heterocycles. The number of thiazole rings is 1. The van der Waals surface area contributed by atoms with Crippen LogP contribution in [0.25, 0.3) is 11.6 Å². The highest BCUT2D eigenvalue weighted by molar-refractivity contribution is 7.07. The summed E-state index contributed by atoms with van der Waals surface area (Å²) in [6.45, 7) is 0.608. The average Bonchev–Trinajstić information content (AvgIpc) is 2.98. The van der Waals surface area contributed by atoms with Crippen LogP contribution in [0.15, 0.2) is 4.79 Å². The summed E-state index contributed by atoms with van der Waals surface area (Å²) in [5.41, 5.74) is -0.197. The standard InChI is InChI=1S/C12H13NO5S/c1-17-9(14)6-7(12(16)18-2)10-11(15)13-5-3-4-8(13)19-10/h4H,3,5-6H2,1-2H3/b10-7-. The van der Waals surface area contributed by atoms with Crippen LogP contribution in [0.5, 0.6) is 0 Å². The Morgan fingerprint density at radius 3 is 2.68 bits per heavy atom. The van der Waals surface area contributed by atoms with Crippen molar-refractivity contribution in [1.29, 1.82) is 0 Å². The second kappa shape index (κ2) is 5.40. The lowest BCUT2D eigenvalue weighted by Crippen LogP contribution is -2.32. The quantitative estimate of drug-likeness (QED) is 0.664. The third kappa shape index (κ3) is 2.46. The van der Waals surface area contributed by atoms with Gasteiger partial charge in [-0.05, 0) is 12.5 Å². The number of nitrogens with zero attached hydrogens (tertiary/aromatic N) is 1. The van der Waals surface area contributed by atoms with Gasteiger partial charge in [-0.3, -0.25) is 14.2 Å². The summed E-state index contributed by atoms with van der Waals surface area (Å²) in [6, 6.07) is 0. The predicted molar refractivity (Wildman–Crippen MR) is 69.0 cm³/mol. The first-order valence-electron chi connectivity index (χ1n) is 5.66. The van der Waals surface area contributed by atoms with Crippen molar-refractivity contribution in [3.63, 3.8) is 0 Å². The van der Waals surface area contributed by atoms with Crippen LogP contribution in [0.2, 0.25) is 0 Å². The molecule has 0 bridgehead atoms. The van der Waals surface area contributed by atoms with Gasteiger partial charge in [-0.1, -0.05) is 0 Å². The number of esters is 2. The Labute approximate surface area is 112 Å². The van der Waals surface area contributed by atoms with Gasteiger partial charge in [0, 0.05) is 6.54 Å². The van der Waals surface area contributed by atoms with Gasteiger partial charge in [0.2, 0.25) is 0 Å². The van der Waals surface area contributed by atoms with Gasteiger partial charge in [0.1, 0.15) is 4.53 Å². The van der Waals surface area contributed by atoms with Crippen molar-refractivity contribution in [2.24, 2.45) is 0 Å². The minimum absolute atomic E-state index is 0.0552. The molecule has 0 aliphatic carbocycles. The lowest BCUT2D eigenvalue weighted by atomic mass is 10.2. The first-order valence-corrected chi connectivity index (χ1v) is 6.48. The molecule has 1 aromatic heterocycles. The van der Waals surface area contributed by atoms with E-state index >= 15 is 0 Å². The smallest absolute Gasteiger partial charge is 0.335 e. The molecule has 0 fully saturated rings. The van der Waals surface area contributed by atoms with Gasteiger partial charge in [-0.2, -0.15) is 0 Å². The van der Waals surface area contributed by atoms with Gasteiger partial charge in [-0.15, -0.1) is 11.3 Å². The average molecular weight is 283 g/mol. The second-order valence-electron chi connectivity index (χ2n) is 3.94. The molecule has 102 valence electrons. The van der Waals surface area contributed by atoms with Gasteiger partial charge < -0.3 is 9.47 Å². The van der Waals surface area contributed by atoms with Crippen molar-refractivity contribution in [2.75, 3.05) is 14.2 Å². The van der Waals surface area contributed by atoms with Crippen LogP contribution in [0.4, 0.5) is 0 Å². The zero-order chi connectivity index (χ0) is 14.0. The number of methoxy groups -OCH3 is 2. The summed E-state index contributed by atoms with van der Waals surface area (Å²) in [5, 5.41) is 0. The molecule has 19 heavy (non-hydrogen) atoms. The van der Waals surface area contributed by atoms with Crippen LogP contribution in [-0.4, -0.2) is 30.7 Å². The topological polar surface area (TPSA) is 74.6 Å². The summed E-state index contributed by atoms with van der Waals surface area (Å²) >= 11 is 1.20. The summed E-state index contributed by atoms with van der Waals surface area (Å²) in [4.78, 5) is 35.2. The van der Waals surface area contributed by atoms with E-state index < -0.39 is 11.9 Å². The fourth-order valence-electron chi connectivity index (χ4n) is 1.88. The summed E-state index contributed by atoms with van der Waals surface area (Å²) < 4.78 is 11.8. The molecule has 6 nitrogen and oxygen atoms in total. The molecule has 0 radical (unpaired) electrons. The van der Waals surface area contributed by atoms with E-state index in [0.717, 1.165) is 11.1 Å². The van der Waals surface area contributed by atoms with E-state index in [-0.39, 0.29) is 22.1 Å². The molecule has 2 rings (SSSR count). The number of aromatic nitrogens is 1. The van der Waals surface area contributed by atoms with Crippen LogP contribution in [0, 0.1) is 0 Å². The zero-order valence-electron chi connectivity index (χ0n) is 10.6. The summed E-state index contributed by atoms with van der Waals surface area (Å²) in [7, 11) is 2.44. The highest BCUT2D eigenvalue weighted by atomic mass is 32.1. The number of carbonyl (C=O) groups excluding carboxylic acids is 2. The Morgan fingerprint density at radius 2 is 2.11 bits per heavy atom. The Morgan fingerprint density at radius 1 is 1.37 bits per heavy atom. The minimum Gasteiger partial charge on any atom is -0.469 e. The number of hydrogen-bond acceptors (Lipinski definition) is 6. The van der Waals surface area contributed by atoms with E-state index in [1.54, 1.807) is 4.57 Å². The molecule has 0 saturated carbocycles. The maximum atomic E-state index is 12.2. The Kier molecular flexibility index (Phi) is 3.84. The van der Waals surface area contributed by atoms with Crippen molar-refractivity contribution in [2.45, 2.75) is 19.4 Å². The van der Waals surface area contributed by atoms with Crippen LogP contribution in [0.3, 0.4) is 0 Å². The third-order valence-corrected chi connectivity index (χ3v) is 4.06. The van der Waals surface area contributed by atoms with E-state index in [4.69, 9.17) is 0 Å². The van der Waals surface area contributed by atoms with Crippen LogP contribution < -0.4 is 14.8 Å². The molecule has 1 aliphatic rings. The number of ether oxygens (including phenoxy) is 2. The lowest BCUT2D eigenvalue weighted by molar-refractivity contribution is -0.141.